The highest BCUT2D eigenvalue weighted by Gasteiger charge is 2.31. The molecule has 0 aliphatic carbocycles. The summed E-state index contributed by atoms with van der Waals surface area (Å²) in [5.41, 5.74) is -1.24. The number of hydrogen-bond donors (Lipinski definition) is 2. The van der Waals surface area contributed by atoms with E-state index in [0.717, 1.165) is 0 Å². The molecule has 0 aliphatic rings. The van der Waals surface area contributed by atoms with Gasteiger partial charge < -0.3 is 9.84 Å². The van der Waals surface area contributed by atoms with Gasteiger partial charge in [0.1, 0.15) is 5.75 Å². The summed E-state index contributed by atoms with van der Waals surface area (Å²) >= 11 is 0. The lowest BCUT2D eigenvalue weighted by Crippen LogP contribution is -2.48. The number of imide groups is 1. The second-order valence-corrected chi connectivity index (χ2v) is 3.68. The van der Waals surface area contributed by atoms with Crippen LogP contribution in [0.4, 0.5) is 4.79 Å². The minimum atomic E-state index is -1.39. The first-order chi connectivity index (χ1) is 7.42. The molecule has 0 saturated carbocycles. The van der Waals surface area contributed by atoms with Crippen LogP contribution in [0.1, 0.15) is 13.8 Å². The Hall–Kier alpha value is -2.04. The van der Waals surface area contributed by atoms with Crippen LogP contribution in [0.2, 0.25) is 0 Å². The molecule has 0 unspecified atom stereocenters. The van der Waals surface area contributed by atoms with Crippen molar-refractivity contribution in [2.75, 3.05) is 0 Å². The Kier molecular flexibility index (Phi) is 3.50. The third-order valence-electron chi connectivity index (χ3n) is 1.88. The predicted octanol–water partition coefficient (Wildman–Crippen LogP) is 1.64. The highest BCUT2D eigenvalue weighted by atomic mass is 16.5. The number of carboxylic acid groups (broad SMARTS) is 1. The number of benzene rings is 1. The van der Waals surface area contributed by atoms with Crippen LogP contribution in [0.3, 0.4) is 0 Å². The van der Waals surface area contributed by atoms with Crippen LogP contribution in [-0.4, -0.2) is 22.7 Å². The number of para-hydroxylation sites is 1. The molecule has 0 aliphatic heterocycles. The number of nitrogens with one attached hydrogen (secondary N) is 1. The van der Waals surface area contributed by atoms with E-state index in [4.69, 9.17) is 9.84 Å². The third-order valence-corrected chi connectivity index (χ3v) is 1.88. The zero-order valence-corrected chi connectivity index (χ0v) is 9.06. The molecule has 0 heterocycles. The number of rotatable bonds is 3. The predicted molar refractivity (Wildman–Crippen MR) is 57.3 cm³/mol. The molecule has 2 amide bonds. The first kappa shape index (κ1) is 12.0. The van der Waals surface area contributed by atoms with Gasteiger partial charge in [0.2, 0.25) is 0 Å². The normalized spacial score (nSPS) is 10.6. The molecule has 5 heteroatoms. The Morgan fingerprint density at radius 1 is 1.25 bits per heavy atom. The summed E-state index contributed by atoms with van der Waals surface area (Å²) in [7, 11) is 0. The second kappa shape index (κ2) is 4.65. The van der Waals surface area contributed by atoms with Gasteiger partial charge in [0.05, 0.1) is 0 Å². The Morgan fingerprint density at radius 3 is 2.31 bits per heavy atom. The van der Waals surface area contributed by atoms with Gasteiger partial charge in [-0.05, 0) is 26.0 Å². The zero-order chi connectivity index (χ0) is 12.2. The van der Waals surface area contributed by atoms with Crippen molar-refractivity contribution in [1.82, 2.24) is 5.32 Å². The fraction of sp³-hybridized carbons (Fsp3) is 0.273. The van der Waals surface area contributed by atoms with Gasteiger partial charge in [-0.3, -0.25) is 10.1 Å². The highest BCUT2D eigenvalue weighted by Crippen LogP contribution is 2.17. The summed E-state index contributed by atoms with van der Waals surface area (Å²) in [4.78, 5) is 21.8. The van der Waals surface area contributed by atoms with Crippen LogP contribution < -0.4 is 10.1 Å². The minimum Gasteiger partial charge on any atom is -0.478 e. The molecule has 2 N–H and O–H groups in total. The Labute approximate surface area is 93.0 Å². The third kappa shape index (κ3) is 3.27. The summed E-state index contributed by atoms with van der Waals surface area (Å²) in [5.74, 6) is -0.197. The van der Waals surface area contributed by atoms with Gasteiger partial charge in [0, 0.05) is 0 Å². The fourth-order valence-corrected chi connectivity index (χ4v) is 1.08. The van der Waals surface area contributed by atoms with E-state index in [0.29, 0.717) is 5.75 Å². The van der Waals surface area contributed by atoms with E-state index >= 15 is 0 Å². The molecule has 0 aromatic heterocycles. The quantitative estimate of drug-likeness (QED) is 0.816. The summed E-state index contributed by atoms with van der Waals surface area (Å²) in [6.07, 6.45) is -1.39. The molecular weight excluding hydrogens is 210 g/mol. The first-order valence-electron chi connectivity index (χ1n) is 4.70. The number of hydrogen-bond acceptors (Lipinski definition) is 3. The number of carbonyl (C=O) groups is 2. The lowest BCUT2D eigenvalue weighted by Gasteiger charge is -2.24. The fourth-order valence-electron chi connectivity index (χ4n) is 1.08. The van der Waals surface area contributed by atoms with Gasteiger partial charge in [-0.2, -0.15) is 0 Å². The largest absolute Gasteiger partial charge is 0.478 e. The van der Waals surface area contributed by atoms with E-state index in [1.165, 1.54) is 13.8 Å². The molecule has 86 valence electrons. The molecule has 5 nitrogen and oxygen atoms in total. The number of ether oxygens (including phenoxy) is 1. The van der Waals surface area contributed by atoms with Crippen molar-refractivity contribution in [3.05, 3.63) is 30.3 Å². The summed E-state index contributed by atoms with van der Waals surface area (Å²) in [6, 6.07) is 8.73. The van der Waals surface area contributed by atoms with E-state index in [1.807, 2.05) is 6.07 Å². The van der Waals surface area contributed by atoms with Crippen LogP contribution in [0.25, 0.3) is 0 Å². The van der Waals surface area contributed by atoms with Crippen molar-refractivity contribution in [3.63, 3.8) is 0 Å². The molecule has 1 aromatic rings. The van der Waals surface area contributed by atoms with Gasteiger partial charge in [-0.15, -0.1) is 0 Å². The van der Waals surface area contributed by atoms with Crippen LogP contribution in [0.15, 0.2) is 30.3 Å². The van der Waals surface area contributed by atoms with E-state index in [2.05, 4.69) is 0 Å². The molecule has 0 bridgehead atoms. The topological polar surface area (TPSA) is 75.6 Å². The zero-order valence-electron chi connectivity index (χ0n) is 9.06. The van der Waals surface area contributed by atoms with Gasteiger partial charge in [0.15, 0.2) is 5.60 Å². The Bertz CT molecular complexity index is 386. The molecule has 0 spiro atoms. The highest BCUT2D eigenvalue weighted by molar-refractivity contribution is 5.95. The lowest BCUT2D eigenvalue weighted by molar-refractivity contribution is -0.133. The van der Waals surface area contributed by atoms with Crippen molar-refractivity contribution in [2.45, 2.75) is 19.4 Å². The van der Waals surface area contributed by atoms with E-state index < -0.39 is 17.6 Å². The molecule has 1 aromatic carbocycles. The van der Waals surface area contributed by atoms with Gasteiger partial charge in [0.25, 0.3) is 5.91 Å². The maximum atomic E-state index is 11.5. The van der Waals surface area contributed by atoms with Crippen molar-refractivity contribution in [1.29, 1.82) is 0 Å². The standard InChI is InChI=1S/C11H13NO4/c1-11(2,9(13)12-10(14)15)16-8-6-4-3-5-7-8/h3-7H,1-2H3,(H,12,13)(H,14,15). The molecule has 1 rings (SSSR count). The Balaban J connectivity index is 2.71. The monoisotopic (exact) mass is 223 g/mol. The van der Waals surface area contributed by atoms with Crippen LogP contribution in [0, 0.1) is 0 Å². The number of carbonyl (C=O) groups excluding carboxylic acids is 1. The smallest absolute Gasteiger partial charge is 0.411 e. The summed E-state index contributed by atoms with van der Waals surface area (Å²) in [6.45, 7) is 3.00. The molecule has 16 heavy (non-hydrogen) atoms. The van der Waals surface area contributed by atoms with Gasteiger partial charge >= 0.3 is 6.09 Å². The maximum absolute atomic E-state index is 11.5. The van der Waals surface area contributed by atoms with Gasteiger partial charge in [-0.1, -0.05) is 18.2 Å². The average molecular weight is 223 g/mol. The molecule has 0 radical (unpaired) electrons. The molecule has 0 fully saturated rings. The van der Waals surface area contributed by atoms with E-state index in [1.54, 1.807) is 29.6 Å². The summed E-state index contributed by atoms with van der Waals surface area (Å²) in [5, 5.41) is 10.2. The van der Waals surface area contributed by atoms with Crippen LogP contribution in [0.5, 0.6) is 5.75 Å². The second-order valence-electron chi connectivity index (χ2n) is 3.68. The van der Waals surface area contributed by atoms with Crippen molar-refractivity contribution in [3.8, 4) is 5.75 Å². The van der Waals surface area contributed by atoms with Crippen molar-refractivity contribution < 1.29 is 19.4 Å². The minimum absolute atomic E-state index is 0.507. The van der Waals surface area contributed by atoms with E-state index in [-0.39, 0.29) is 0 Å². The van der Waals surface area contributed by atoms with E-state index in [9.17, 15) is 9.59 Å². The molecule has 0 atom stereocenters. The van der Waals surface area contributed by atoms with Crippen molar-refractivity contribution in [2.24, 2.45) is 0 Å². The lowest BCUT2D eigenvalue weighted by atomic mass is 10.1. The van der Waals surface area contributed by atoms with Crippen LogP contribution >= 0.6 is 0 Å². The summed E-state index contributed by atoms with van der Waals surface area (Å²) < 4.78 is 5.39. The molecular formula is C11H13NO4. The Morgan fingerprint density at radius 2 is 1.81 bits per heavy atom. The van der Waals surface area contributed by atoms with Crippen LogP contribution in [-0.2, 0) is 4.79 Å². The van der Waals surface area contributed by atoms with Crippen molar-refractivity contribution >= 4 is 12.0 Å². The van der Waals surface area contributed by atoms with Gasteiger partial charge in [-0.25, -0.2) is 4.79 Å². The molecule has 0 saturated heterocycles. The maximum Gasteiger partial charge on any atom is 0.411 e. The average Bonchev–Trinajstić information content (AvgIpc) is 2.17. The number of amides is 2. The first-order valence-corrected chi connectivity index (χ1v) is 4.70. The SMILES string of the molecule is CC(C)(Oc1ccccc1)C(=O)NC(=O)O.